The van der Waals surface area contributed by atoms with Crippen LogP contribution in [0.2, 0.25) is 0 Å². The topological polar surface area (TPSA) is 52.7 Å². The number of carbonyl (C=O) groups excluding carboxylic acids is 1. The van der Waals surface area contributed by atoms with Gasteiger partial charge in [0, 0.05) is 34.4 Å². The maximum Gasteiger partial charge on any atom is 0.191 e. The molecule has 0 saturated heterocycles. The van der Waals surface area contributed by atoms with Gasteiger partial charge >= 0.3 is 0 Å². The molecule has 5 nitrogen and oxygen atoms in total. The van der Waals surface area contributed by atoms with Crippen LogP contribution in [0.4, 0.5) is 4.39 Å². The van der Waals surface area contributed by atoms with Crippen molar-refractivity contribution in [3.63, 3.8) is 0 Å². The Morgan fingerprint density at radius 1 is 1.17 bits per heavy atom. The Labute approximate surface area is 182 Å². The highest BCUT2D eigenvalue weighted by molar-refractivity contribution is 7.99. The van der Waals surface area contributed by atoms with Crippen LogP contribution < -0.4 is 0 Å². The minimum absolute atomic E-state index is 0.0665. The highest BCUT2D eigenvalue weighted by atomic mass is 32.2. The van der Waals surface area contributed by atoms with Crippen molar-refractivity contribution < 1.29 is 9.18 Å². The average Bonchev–Trinajstić information content (AvgIpc) is 3.44. The number of rotatable bonds is 7. The van der Waals surface area contributed by atoms with E-state index in [1.165, 1.54) is 28.8 Å². The minimum Gasteiger partial charge on any atom is -0.343 e. The van der Waals surface area contributed by atoms with Gasteiger partial charge in [0.05, 0.1) is 12.3 Å². The van der Waals surface area contributed by atoms with Crippen molar-refractivity contribution >= 4 is 28.9 Å². The van der Waals surface area contributed by atoms with Crippen LogP contribution in [0.3, 0.4) is 0 Å². The molecule has 30 heavy (non-hydrogen) atoms. The zero-order chi connectivity index (χ0) is 21.3. The predicted octanol–water partition coefficient (Wildman–Crippen LogP) is 5.12. The van der Waals surface area contributed by atoms with Gasteiger partial charge in [-0.1, -0.05) is 17.8 Å². The van der Waals surface area contributed by atoms with Crippen LogP contribution >= 0.6 is 23.1 Å². The summed E-state index contributed by atoms with van der Waals surface area (Å²) in [7, 11) is 1.85. The normalized spacial score (nSPS) is 11.2. The molecule has 0 spiro atoms. The van der Waals surface area contributed by atoms with Gasteiger partial charge in [0.25, 0.3) is 0 Å². The molecule has 0 N–H and O–H groups in total. The summed E-state index contributed by atoms with van der Waals surface area (Å²) in [5.74, 6) is 0.687. The minimum atomic E-state index is -0.294. The molecule has 8 heteroatoms. The number of thiophene rings is 1. The van der Waals surface area contributed by atoms with Crippen molar-refractivity contribution in [1.82, 2.24) is 19.3 Å². The fraction of sp³-hybridized carbons (Fsp3) is 0.227. The Balaban J connectivity index is 1.47. The number of hydrogen-bond acceptors (Lipinski definition) is 5. The van der Waals surface area contributed by atoms with Gasteiger partial charge in [-0.2, -0.15) is 0 Å². The van der Waals surface area contributed by atoms with Gasteiger partial charge in [-0.15, -0.1) is 21.5 Å². The third-order valence-electron chi connectivity index (χ3n) is 5.04. The fourth-order valence-electron chi connectivity index (χ4n) is 3.38. The van der Waals surface area contributed by atoms with E-state index in [1.807, 2.05) is 37.6 Å². The SMILES string of the molecule is Cc1cc(C(=O)CSc2nnc(-c3ccc(F)cc3)n2C)c(C)n1Cc1cccs1. The maximum atomic E-state index is 13.2. The molecule has 0 fully saturated rings. The van der Waals surface area contributed by atoms with Crippen LogP contribution in [0, 0.1) is 19.7 Å². The lowest BCUT2D eigenvalue weighted by molar-refractivity contribution is 0.102. The predicted molar refractivity (Wildman–Crippen MR) is 119 cm³/mol. The number of halogens is 1. The molecule has 4 rings (SSSR count). The number of Topliss-reactive ketones (excluding diaryl/α,β-unsaturated/α-hetero) is 1. The van der Waals surface area contributed by atoms with E-state index in [4.69, 9.17) is 0 Å². The standard InChI is InChI=1S/C22H21FN4OS2/c1-14-11-19(15(2)27(14)12-18-5-4-10-29-18)20(28)13-30-22-25-24-21(26(22)3)16-6-8-17(23)9-7-16/h4-11H,12-13H2,1-3H3. The number of benzene rings is 1. The lowest BCUT2D eigenvalue weighted by Crippen LogP contribution is -2.07. The van der Waals surface area contributed by atoms with Gasteiger partial charge in [0.15, 0.2) is 16.8 Å². The second-order valence-corrected chi connectivity index (χ2v) is 9.01. The van der Waals surface area contributed by atoms with E-state index in [9.17, 15) is 9.18 Å². The van der Waals surface area contributed by atoms with E-state index in [0.29, 0.717) is 11.0 Å². The maximum absolute atomic E-state index is 13.2. The van der Waals surface area contributed by atoms with Gasteiger partial charge < -0.3 is 9.13 Å². The lowest BCUT2D eigenvalue weighted by Gasteiger charge is -2.08. The Morgan fingerprint density at radius 3 is 2.63 bits per heavy atom. The van der Waals surface area contributed by atoms with E-state index in [0.717, 1.165) is 29.1 Å². The number of nitrogens with zero attached hydrogens (tertiary/aromatic N) is 4. The summed E-state index contributed by atoms with van der Waals surface area (Å²) < 4.78 is 17.2. The number of aromatic nitrogens is 4. The van der Waals surface area contributed by atoms with Gasteiger partial charge in [-0.25, -0.2) is 4.39 Å². The van der Waals surface area contributed by atoms with Crippen molar-refractivity contribution in [3.8, 4) is 11.4 Å². The molecular formula is C22H21FN4OS2. The first-order valence-electron chi connectivity index (χ1n) is 9.44. The van der Waals surface area contributed by atoms with Crippen molar-refractivity contribution in [1.29, 1.82) is 0 Å². The first kappa shape index (κ1) is 20.6. The molecule has 0 unspecified atom stereocenters. The van der Waals surface area contributed by atoms with Crippen LogP contribution in [-0.4, -0.2) is 30.9 Å². The molecular weight excluding hydrogens is 419 g/mol. The van der Waals surface area contributed by atoms with Crippen molar-refractivity contribution in [2.24, 2.45) is 7.05 Å². The first-order chi connectivity index (χ1) is 14.4. The van der Waals surface area contributed by atoms with Crippen molar-refractivity contribution in [3.05, 3.63) is 75.5 Å². The molecule has 0 atom stereocenters. The fourth-order valence-corrected chi connectivity index (χ4v) is 4.87. The number of hydrogen-bond donors (Lipinski definition) is 0. The molecule has 4 aromatic rings. The van der Waals surface area contributed by atoms with Crippen LogP contribution in [0.25, 0.3) is 11.4 Å². The Kier molecular flexibility index (Phi) is 5.87. The number of thioether (sulfide) groups is 1. The molecule has 0 aliphatic heterocycles. The zero-order valence-electron chi connectivity index (χ0n) is 16.9. The zero-order valence-corrected chi connectivity index (χ0v) is 18.6. The number of aryl methyl sites for hydroxylation is 1. The van der Waals surface area contributed by atoms with Gasteiger partial charge in [0.2, 0.25) is 0 Å². The monoisotopic (exact) mass is 440 g/mol. The molecule has 0 amide bonds. The average molecular weight is 441 g/mol. The van der Waals surface area contributed by atoms with Crippen LogP contribution in [0.5, 0.6) is 0 Å². The molecule has 3 heterocycles. The molecule has 0 aliphatic rings. The summed E-state index contributed by atoms with van der Waals surface area (Å²) in [6.07, 6.45) is 0. The largest absolute Gasteiger partial charge is 0.343 e. The highest BCUT2D eigenvalue weighted by Crippen LogP contribution is 2.25. The second kappa shape index (κ2) is 8.57. The summed E-state index contributed by atoms with van der Waals surface area (Å²) >= 11 is 3.07. The third-order valence-corrected chi connectivity index (χ3v) is 6.92. The lowest BCUT2D eigenvalue weighted by atomic mass is 10.2. The number of carbonyl (C=O) groups is 1. The molecule has 154 valence electrons. The Morgan fingerprint density at radius 2 is 1.93 bits per heavy atom. The van der Waals surface area contributed by atoms with Crippen LogP contribution in [-0.2, 0) is 13.6 Å². The van der Waals surface area contributed by atoms with Crippen molar-refractivity contribution in [2.45, 2.75) is 25.5 Å². The number of ketones is 1. The van der Waals surface area contributed by atoms with E-state index in [1.54, 1.807) is 23.5 Å². The molecule has 1 aromatic carbocycles. The van der Waals surface area contributed by atoms with Gasteiger partial charge in [-0.3, -0.25) is 4.79 Å². The summed E-state index contributed by atoms with van der Waals surface area (Å²) in [6.45, 7) is 4.80. The smallest absolute Gasteiger partial charge is 0.191 e. The van der Waals surface area contributed by atoms with Crippen LogP contribution in [0.1, 0.15) is 26.6 Å². The van der Waals surface area contributed by atoms with E-state index < -0.39 is 0 Å². The Bertz CT molecular complexity index is 1180. The van der Waals surface area contributed by atoms with Gasteiger partial charge in [-0.05, 0) is 55.6 Å². The summed E-state index contributed by atoms with van der Waals surface area (Å²) in [6, 6.07) is 12.2. The van der Waals surface area contributed by atoms with E-state index >= 15 is 0 Å². The first-order valence-corrected chi connectivity index (χ1v) is 11.3. The second-order valence-electron chi connectivity index (χ2n) is 7.03. The third kappa shape index (κ3) is 4.11. The molecule has 0 saturated carbocycles. The summed E-state index contributed by atoms with van der Waals surface area (Å²) in [5, 5.41) is 11.1. The highest BCUT2D eigenvalue weighted by Gasteiger charge is 2.18. The quantitative estimate of drug-likeness (QED) is 0.295. The summed E-state index contributed by atoms with van der Waals surface area (Å²) in [5.41, 5.74) is 3.59. The van der Waals surface area contributed by atoms with Crippen molar-refractivity contribution in [2.75, 3.05) is 5.75 Å². The summed E-state index contributed by atoms with van der Waals surface area (Å²) in [4.78, 5) is 14.2. The molecule has 0 aliphatic carbocycles. The van der Waals surface area contributed by atoms with Crippen LogP contribution in [0.15, 0.2) is 53.0 Å². The molecule has 3 aromatic heterocycles. The molecule has 0 radical (unpaired) electrons. The van der Waals surface area contributed by atoms with E-state index in [-0.39, 0.29) is 17.4 Å². The molecule has 0 bridgehead atoms. The van der Waals surface area contributed by atoms with Gasteiger partial charge in [0.1, 0.15) is 5.82 Å². The van der Waals surface area contributed by atoms with E-state index in [2.05, 4.69) is 26.2 Å². The Hall–Kier alpha value is -2.71.